The van der Waals surface area contributed by atoms with Crippen molar-refractivity contribution in [3.05, 3.63) is 29.8 Å². The molecule has 1 saturated heterocycles. The van der Waals surface area contributed by atoms with Crippen molar-refractivity contribution < 1.29 is 9.59 Å². The molecule has 4 nitrogen and oxygen atoms in total. The number of aldehydes is 1. The van der Waals surface area contributed by atoms with Gasteiger partial charge < -0.3 is 10.1 Å². The van der Waals surface area contributed by atoms with Gasteiger partial charge in [-0.05, 0) is 17.7 Å². The molecule has 1 aromatic carbocycles. The van der Waals surface area contributed by atoms with Gasteiger partial charge in [0.1, 0.15) is 6.29 Å². The van der Waals surface area contributed by atoms with Gasteiger partial charge in [-0.15, -0.1) is 0 Å². The van der Waals surface area contributed by atoms with Crippen molar-refractivity contribution in [2.75, 3.05) is 18.0 Å². The fraction of sp³-hybridized carbons (Fsp3) is 0.273. The van der Waals surface area contributed by atoms with Crippen molar-refractivity contribution in [1.82, 2.24) is 5.32 Å². The van der Waals surface area contributed by atoms with Crippen LogP contribution in [0.2, 0.25) is 0 Å². The summed E-state index contributed by atoms with van der Waals surface area (Å²) >= 11 is 0. The summed E-state index contributed by atoms with van der Waals surface area (Å²) in [4.78, 5) is 23.4. The molecular weight excluding hydrogens is 192 g/mol. The number of benzene rings is 1. The highest BCUT2D eigenvalue weighted by molar-refractivity contribution is 5.94. The molecule has 1 fully saturated rings. The number of anilines is 1. The second kappa shape index (κ2) is 4.13. The zero-order valence-corrected chi connectivity index (χ0v) is 8.27. The lowest BCUT2D eigenvalue weighted by Gasteiger charge is -2.14. The summed E-state index contributed by atoms with van der Waals surface area (Å²) in [5.41, 5.74) is 1.78. The number of nitrogens with zero attached hydrogens (tertiary/aromatic N) is 1. The number of amides is 2. The van der Waals surface area contributed by atoms with Crippen LogP contribution in [0.15, 0.2) is 24.3 Å². The second-order valence-electron chi connectivity index (χ2n) is 3.42. The Balaban J connectivity index is 2.23. The summed E-state index contributed by atoms with van der Waals surface area (Å²) in [6, 6.07) is 7.42. The molecule has 1 aliphatic heterocycles. The van der Waals surface area contributed by atoms with Crippen molar-refractivity contribution in [2.45, 2.75) is 6.42 Å². The minimum atomic E-state index is -0.0711. The number of nitrogens with one attached hydrogen (secondary N) is 1. The maximum atomic E-state index is 11.4. The number of carbonyl (C=O) groups excluding carboxylic acids is 2. The van der Waals surface area contributed by atoms with E-state index in [4.69, 9.17) is 0 Å². The molecule has 78 valence electrons. The van der Waals surface area contributed by atoms with Gasteiger partial charge in [-0.1, -0.05) is 12.1 Å². The smallest absolute Gasteiger partial charge is 0.321 e. The number of hydrogen-bond donors (Lipinski definition) is 1. The highest BCUT2D eigenvalue weighted by atomic mass is 16.2. The summed E-state index contributed by atoms with van der Waals surface area (Å²) < 4.78 is 0. The van der Waals surface area contributed by atoms with Gasteiger partial charge in [-0.25, -0.2) is 4.79 Å². The topological polar surface area (TPSA) is 49.4 Å². The minimum absolute atomic E-state index is 0.0711. The van der Waals surface area contributed by atoms with Gasteiger partial charge in [0, 0.05) is 25.2 Å². The van der Waals surface area contributed by atoms with Crippen molar-refractivity contribution in [3.8, 4) is 0 Å². The maximum Gasteiger partial charge on any atom is 0.321 e. The predicted molar refractivity (Wildman–Crippen MR) is 57.0 cm³/mol. The summed E-state index contributed by atoms with van der Waals surface area (Å²) in [6.45, 7) is 1.36. The Morgan fingerprint density at radius 3 is 3.00 bits per heavy atom. The third-order valence-corrected chi connectivity index (χ3v) is 2.40. The molecule has 0 aliphatic carbocycles. The molecule has 4 heteroatoms. The van der Waals surface area contributed by atoms with Gasteiger partial charge >= 0.3 is 6.03 Å². The van der Waals surface area contributed by atoms with E-state index in [2.05, 4.69) is 5.32 Å². The van der Waals surface area contributed by atoms with Gasteiger partial charge in [-0.2, -0.15) is 0 Å². The Hall–Kier alpha value is -1.84. The number of rotatable bonds is 3. The molecule has 0 spiro atoms. The van der Waals surface area contributed by atoms with Crippen LogP contribution in [0.3, 0.4) is 0 Å². The Kier molecular flexibility index (Phi) is 2.67. The Labute approximate surface area is 87.9 Å². The highest BCUT2D eigenvalue weighted by Gasteiger charge is 2.20. The van der Waals surface area contributed by atoms with Gasteiger partial charge in [0.05, 0.1) is 0 Å². The fourth-order valence-electron chi connectivity index (χ4n) is 1.67. The first-order chi connectivity index (χ1) is 7.31. The monoisotopic (exact) mass is 204 g/mol. The van der Waals surface area contributed by atoms with E-state index >= 15 is 0 Å². The summed E-state index contributed by atoms with van der Waals surface area (Å²) in [5, 5.41) is 2.74. The van der Waals surface area contributed by atoms with E-state index in [1.54, 1.807) is 4.90 Å². The first-order valence-corrected chi connectivity index (χ1v) is 4.89. The third kappa shape index (κ3) is 1.98. The molecule has 0 saturated carbocycles. The SMILES string of the molecule is O=CCc1cccc(N2CCNC2=O)c1. The lowest BCUT2D eigenvalue weighted by Crippen LogP contribution is -2.27. The molecule has 0 unspecified atom stereocenters. The number of carbonyl (C=O) groups is 2. The first-order valence-electron chi connectivity index (χ1n) is 4.89. The van der Waals surface area contributed by atoms with Crippen molar-refractivity contribution in [1.29, 1.82) is 0 Å². The Morgan fingerprint density at radius 2 is 2.33 bits per heavy atom. The summed E-state index contributed by atoms with van der Waals surface area (Å²) in [6.07, 6.45) is 1.26. The van der Waals surface area contributed by atoms with E-state index in [1.165, 1.54) is 0 Å². The number of hydrogen-bond acceptors (Lipinski definition) is 2. The molecule has 0 aromatic heterocycles. The predicted octanol–water partition coefficient (Wildman–Crippen LogP) is 0.958. The third-order valence-electron chi connectivity index (χ3n) is 2.40. The lowest BCUT2D eigenvalue weighted by atomic mass is 10.1. The van der Waals surface area contributed by atoms with Crippen LogP contribution in [-0.2, 0) is 11.2 Å². The highest BCUT2D eigenvalue weighted by Crippen LogP contribution is 2.17. The van der Waals surface area contributed by atoms with Crippen molar-refractivity contribution in [3.63, 3.8) is 0 Å². The van der Waals surface area contributed by atoms with Crippen LogP contribution >= 0.6 is 0 Å². The Morgan fingerprint density at radius 1 is 1.47 bits per heavy atom. The molecule has 15 heavy (non-hydrogen) atoms. The quantitative estimate of drug-likeness (QED) is 0.745. The molecule has 2 rings (SSSR count). The molecule has 1 aromatic rings. The van der Waals surface area contributed by atoms with Crippen LogP contribution in [0.5, 0.6) is 0 Å². The minimum Gasteiger partial charge on any atom is -0.336 e. The van der Waals surface area contributed by atoms with E-state index in [0.29, 0.717) is 19.5 Å². The number of urea groups is 1. The van der Waals surface area contributed by atoms with Crippen LogP contribution in [0, 0.1) is 0 Å². The standard InChI is InChI=1S/C11H12N2O2/c14-7-4-9-2-1-3-10(8-9)13-6-5-12-11(13)15/h1-3,7-8H,4-6H2,(H,12,15). The molecule has 2 amide bonds. The molecule has 0 radical (unpaired) electrons. The first kappa shape index (κ1) is 9.71. The molecule has 0 atom stereocenters. The maximum absolute atomic E-state index is 11.4. The molecule has 0 bridgehead atoms. The van der Waals surface area contributed by atoms with Crippen LogP contribution in [0.25, 0.3) is 0 Å². The average molecular weight is 204 g/mol. The average Bonchev–Trinajstić information content (AvgIpc) is 2.65. The summed E-state index contributed by atoms with van der Waals surface area (Å²) in [7, 11) is 0. The molecule has 1 N–H and O–H groups in total. The van der Waals surface area contributed by atoms with Gasteiger partial charge in [-0.3, -0.25) is 4.90 Å². The fourth-order valence-corrected chi connectivity index (χ4v) is 1.67. The van der Waals surface area contributed by atoms with Crippen LogP contribution in [0.1, 0.15) is 5.56 Å². The van der Waals surface area contributed by atoms with E-state index in [1.807, 2.05) is 24.3 Å². The Bertz CT molecular complexity index is 390. The summed E-state index contributed by atoms with van der Waals surface area (Å²) in [5.74, 6) is 0. The van der Waals surface area contributed by atoms with Gasteiger partial charge in [0.15, 0.2) is 0 Å². The molecular formula is C11H12N2O2. The second-order valence-corrected chi connectivity index (χ2v) is 3.42. The van der Waals surface area contributed by atoms with Crippen LogP contribution in [-0.4, -0.2) is 25.4 Å². The van der Waals surface area contributed by atoms with Crippen molar-refractivity contribution in [2.24, 2.45) is 0 Å². The lowest BCUT2D eigenvalue weighted by molar-refractivity contribution is -0.107. The van der Waals surface area contributed by atoms with E-state index < -0.39 is 0 Å². The molecule has 1 aliphatic rings. The molecule has 1 heterocycles. The van der Waals surface area contributed by atoms with Gasteiger partial charge in [0.25, 0.3) is 0 Å². The van der Waals surface area contributed by atoms with E-state index in [0.717, 1.165) is 17.5 Å². The van der Waals surface area contributed by atoms with E-state index in [-0.39, 0.29) is 6.03 Å². The van der Waals surface area contributed by atoms with Crippen molar-refractivity contribution >= 4 is 18.0 Å². The van der Waals surface area contributed by atoms with E-state index in [9.17, 15) is 9.59 Å². The zero-order chi connectivity index (χ0) is 10.7. The zero-order valence-electron chi connectivity index (χ0n) is 8.27. The largest absolute Gasteiger partial charge is 0.336 e. The van der Waals surface area contributed by atoms with Crippen LogP contribution in [0.4, 0.5) is 10.5 Å². The van der Waals surface area contributed by atoms with Crippen LogP contribution < -0.4 is 10.2 Å². The normalized spacial score (nSPS) is 15.2. The van der Waals surface area contributed by atoms with Gasteiger partial charge in [0.2, 0.25) is 0 Å².